The lowest BCUT2D eigenvalue weighted by Gasteiger charge is -2.08. The molecule has 0 saturated heterocycles. The second kappa shape index (κ2) is 5.35. The summed E-state index contributed by atoms with van der Waals surface area (Å²) in [5, 5.41) is 11.6. The number of benzene rings is 1. The third-order valence-electron chi connectivity index (χ3n) is 3.51. The number of nitrogens with zero attached hydrogens (tertiary/aromatic N) is 2. The molecule has 0 bridgehead atoms. The van der Waals surface area contributed by atoms with Crippen LogP contribution < -0.4 is 5.32 Å². The smallest absolute Gasteiger partial charge is 0.233 e. The van der Waals surface area contributed by atoms with Crippen LogP contribution in [0.3, 0.4) is 0 Å². The zero-order valence-corrected chi connectivity index (χ0v) is 11.9. The fraction of sp³-hybridized carbons (Fsp3) is 0.429. The molecule has 19 heavy (non-hydrogen) atoms. The summed E-state index contributed by atoms with van der Waals surface area (Å²) >= 11 is 1.86. The number of nitrogens with one attached hydrogen (secondary N) is 1. The van der Waals surface area contributed by atoms with Crippen molar-refractivity contribution in [3.63, 3.8) is 0 Å². The third kappa shape index (κ3) is 2.28. The van der Waals surface area contributed by atoms with Crippen LogP contribution in [-0.2, 0) is 0 Å². The van der Waals surface area contributed by atoms with E-state index in [2.05, 4.69) is 46.7 Å². The summed E-state index contributed by atoms with van der Waals surface area (Å²) in [6, 6.07) is 8.59. The van der Waals surface area contributed by atoms with Gasteiger partial charge in [0.1, 0.15) is 0 Å². The predicted molar refractivity (Wildman–Crippen MR) is 75.4 cm³/mol. The molecule has 1 aliphatic rings. The lowest BCUT2D eigenvalue weighted by Crippen LogP contribution is -2.15. The molecule has 1 aliphatic heterocycles. The Balaban J connectivity index is 1.88. The van der Waals surface area contributed by atoms with Gasteiger partial charge in [-0.2, -0.15) is 0 Å². The standard InChI is InChI=1S/C14H17N3OS/c1-3-11(15-2)14-17-16-13(18-14)10-8-19-12-7-5-4-6-9(10)12/h4-7,10-11,15H,3,8H2,1-2H3. The zero-order chi connectivity index (χ0) is 13.2. The summed E-state index contributed by atoms with van der Waals surface area (Å²) < 4.78 is 5.87. The lowest BCUT2D eigenvalue weighted by atomic mass is 10.0. The summed E-state index contributed by atoms with van der Waals surface area (Å²) in [6.45, 7) is 2.10. The van der Waals surface area contributed by atoms with Gasteiger partial charge in [0.05, 0.1) is 12.0 Å². The van der Waals surface area contributed by atoms with Gasteiger partial charge in [-0.15, -0.1) is 22.0 Å². The topological polar surface area (TPSA) is 51.0 Å². The van der Waals surface area contributed by atoms with Crippen LogP contribution in [0.2, 0.25) is 0 Å². The Bertz CT molecular complexity index is 565. The normalized spacial score (nSPS) is 19.4. The molecule has 2 heterocycles. The van der Waals surface area contributed by atoms with Crippen LogP contribution in [0.25, 0.3) is 0 Å². The maximum Gasteiger partial charge on any atom is 0.233 e. The van der Waals surface area contributed by atoms with Gasteiger partial charge in [-0.3, -0.25) is 0 Å². The van der Waals surface area contributed by atoms with E-state index in [-0.39, 0.29) is 12.0 Å². The van der Waals surface area contributed by atoms with Crippen LogP contribution >= 0.6 is 11.8 Å². The fourth-order valence-electron chi connectivity index (χ4n) is 2.40. The van der Waals surface area contributed by atoms with Crippen LogP contribution in [0.15, 0.2) is 33.6 Å². The monoisotopic (exact) mass is 275 g/mol. The van der Waals surface area contributed by atoms with Gasteiger partial charge in [0, 0.05) is 10.6 Å². The molecule has 1 aromatic carbocycles. The highest BCUT2D eigenvalue weighted by Crippen LogP contribution is 2.42. The van der Waals surface area contributed by atoms with Gasteiger partial charge in [0.25, 0.3) is 0 Å². The Morgan fingerprint density at radius 3 is 3.05 bits per heavy atom. The van der Waals surface area contributed by atoms with Crippen molar-refractivity contribution in [2.75, 3.05) is 12.8 Å². The van der Waals surface area contributed by atoms with Gasteiger partial charge < -0.3 is 9.73 Å². The van der Waals surface area contributed by atoms with E-state index >= 15 is 0 Å². The first-order valence-electron chi connectivity index (χ1n) is 6.55. The molecular formula is C14H17N3OS. The number of fused-ring (bicyclic) bond motifs is 1. The highest BCUT2D eigenvalue weighted by Gasteiger charge is 2.29. The van der Waals surface area contributed by atoms with Crippen molar-refractivity contribution in [2.45, 2.75) is 30.2 Å². The molecule has 5 heteroatoms. The van der Waals surface area contributed by atoms with E-state index in [0.717, 1.165) is 18.1 Å². The van der Waals surface area contributed by atoms with Gasteiger partial charge in [-0.25, -0.2) is 0 Å². The van der Waals surface area contributed by atoms with E-state index in [1.807, 2.05) is 18.8 Å². The van der Waals surface area contributed by atoms with Crippen LogP contribution in [0.1, 0.15) is 42.6 Å². The third-order valence-corrected chi connectivity index (χ3v) is 4.69. The Morgan fingerprint density at radius 1 is 1.42 bits per heavy atom. The quantitative estimate of drug-likeness (QED) is 0.929. The summed E-state index contributed by atoms with van der Waals surface area (Å²) in [4.78, 5) is 1.33. The van der Waals surface area contributed by atoms with Crippen LogP contribution in [0.5, 0.6) is 0 Å². The zero-order valence-electron chi connectivity index (χ0n) is 11.1. The summed E-state index contributed by atoms with van der Waals surface area (Å²) in [6.07, 6.45) is 0.939. The summed E-state index contributed by atoms with van der Waals surface area (Å²) in [5.74, 6) is 2.64. The minimum Gasteiger partial charge on any atom is -0.423 e. The molecule has 3 rings (SSSR count). The van der Waals surface area contributed by atoms with E-state index < -0.39 is 0 Å². The van der Waals surface area contributed by atoms with Gasteiger partial charge in [0.2, 0.25) is 11.8 Å². The summed E-state index contributed by atoms with van der Waals surface area (Å²) in [5.41, 5.74) is 1.31. The van der Waals surface area contributed by atoms with Crippen LogP contribution in [-0.4, -0.2) is 23.0 Å². The van der Waals surface area contributed by atoms with Crippen molar-refractivity contribution in [3.8, 4) is 0 Å². The molecule has 0 radical (unpaired) electrons. The van der Waals surface area contributed by atoms with Crippen molar-refractivity contribution in [3.05, 3.63) is 41.6 Å². The summed E-state index contributed by atoms with van der Waals surface area (Å²) in [7, 11) is 1.92. The molecule has 1 aromatic heterocycles. The first-order chi connectivity index (χ1) is 9.33. The van der Waals surface area contributed by atoms with Gasteiger partial charge in [-0.05, 0) is 25.1 Å². The predicted octanol–water partition coefficient (Wildman–Crippen LogP) is 2.98. The maximum absolute atomic E-state index is 5.87. The first-order valence-corrected chi connectivity index (χ1v) is 7.54. The molecule has 0 amide bonds. The van der Waals surface area contributed by atoms with E-state index in [1.165, 1.54) is 10.5 Å². The Hall–Kier alpha value is -1.33. The molecule has 0 aliphatic carbocycles. The van der Waals surface area contributed by atoms with Crippen molar-refractivity contribution in [1.82, 2.24) is 15.5 Å². The molecule has 0 fully saturated rings. The van der Waals surface area contributed by atoms with Gasteiger partial charge >= 0.3 is 0 Å². The molecule has 2 aromatic rings. The molecule has 100 valence electrons. The number of thioether (sulfide) groups is 1. The van der Waals surface area contributed by atoms with Crippen molar-refractivity contribution < 1.29 is 4.42 Å². The van der Waals surface area contributed by atoms with Crippen LogP contribution in [0, 0.1) is 0 Å². The maximum atomic E-state index is 5.87. The average Bonchev–Trinajstić information content (AvgIpc) is 3.06. The lowest BCUT2D eigenvalue weighted by molar-refractivity contribution is 0.381. The average molecular weight is 275 g/mol. The second-order valence-corrected chi connectivity index (χ2v) is 5.69. The minimum atomic E-state index is 0.144. The number of hydrogen-bond acceptors (Lipinski definition) is 5. The van der Waals surface area contributed by atoms with Crippen molar-refractivity contribution in [2.24, 2.45) is 0 Å². The van der Waals surface area contributed by atoms with Gasteiger partial charge in [0.15, 0.2) is 0 Å². The van der Waals surface area contributed by atoms with Crippen molar-refractivity contribution >= 4 is 11.8 Å². The molecule has 0 saturated carbocycles. The van der Waals surface area contributed by atoms with E-state index in [4.69, 9.17) is 4.42 Å². The second-order valence-electron chi connectivity index (χ2n) is 4.63. The highest BCUT2D eigenvalue weighted by molar-refractivity contribution is 7.99. The van der Waals surface area contributed by atoms with E-state index in [1.54, 1.807) is 0 Å². The molecule has 2 atom stereocenters. The molecule has 2 unspecified atom stereocenters. The van der Waals surface area contributed by atoms with Gasteiger partial charge in [-0.1, -0.05) is 25.1 Å². The molecular weight excluding hydrogens is 258 g/mol. The largest absolute Gasteiger partial charge is 0.423 e. The molecule has 1 N–H and O–H groups in total. The Labute approximate surface area is 117 Å². The van der Waals surface area contributed by atoms with E-state index in [0.29, 0.717) is 5.89 Å². The Kier molecular flexibility index (Phi) is 3.57. The van der Waals surface area contributed by atoms with Crippen molar-refractivity contribution in [1.29, 1.82) is 0 Å². The highest BCUT2D eigenvalue weighted by atomic mass is 32.2. The minimum absolute atomic E-state index is 0.144. The molecule has 4 nitrogen and oxygen atoms in total. The fourth-order valence-corrected chi connectivity index (χ4v) is 3.62. The number of hydrogen-bond donors (Lipinski definition) is 1. The Morgan fingerprint density at radius 2 is 2.26 bits per heavy atom. The van der Waals surface area contributed by atoms with E-state index in [9.17, 15) is 0 Å². The molecule has 0 spiro atoms. The van der Waals surface area contributed by atoms with Crippen LogP contribution in [0.4, 0.5) is 0 Å². The SMILES string of the molecule is CCC(NC)c1nnc(C2CSc3ccccc32)o1. The number of aromatic nitrogens is 2. The first kappa shape index (κ1) is 12.7. The number of rotatable bonds is 4.